The number of piperidine rings is 1. The van der Waals surface area contributed by atoms with Crippen LogP contribution in [-0.2, 0) is 0 Å². The van der Waals surface area contributed by atoms with Crippen LogP contribution in [0.1, 0.15) is 29.6 Å². The number of rotatable bonds is 6. The van der Waals surface area contributed by atoms with E-state index in [2.05, 4.69) is 35.9 Å². The highest BCUT2D eigenvalue weighted by molar-refractivity contribution is 7.22. The van der Waals surface area contributed by atoms with Gasteiger partial charge in [0.25, 0.3) is 5.91 Å². The monoisotopic (exact) mass is 375 g/mol. The molecule has 1 atom stereocenters. The van der Waals surface area contributed by atoms with E-state index in [1.54, 1.807) is 0 Å². The SMILES string of the molecule is CN(C)CCCN(C)[C@@H]1CCCN(C(=O)c2ccc3sc(N)nc3c2)C1. The Bertz CT molecular complexity index is 759. The Balaban J connectivity index is 1.63. The first-order chi connectivity index (χ1) is 12.4. The zero-order valence-corrected chi connectivity index (χ0v) is 16.8. The van der Waals surface area contributed by atoms with Crippen LogP contribution in [0.4, 0.5) is 5.13 Å². The van der Waals surface area contributed by atoms with Crippen molar-refractivity contribution in [2.75, 3.05) is 53.1 Å². The van der Waals surface area contributed by atoms with Crippen LogP contribution < -0.4 is 5.73 Å². The third kappa shape index (κ3) is 4.52. The third-order valence-corrected chi connectivity index (χ3v) is 5.94. The van der Waals surface area contributed by atoms with Crippen LogP contribution in [0.3, 0.4) is 0 Å². The summed E-state index contributed by atoms with van der Waals surface area (Å²) in [5.41, 5.74) is 7.29. The summed E-state index contributed by atoms with van der Waals surface area (Å²) in [7, 11) is 6.39. The Morgan fingerprint density at radius 3 is 2.92 bits per heavy atom. The molecule has 2 heterocycles. The van der Waals surface area contributed by atoms with Crippen molar-refractivity contribution in [3.63, 3.8) is 0 Å². The molecule has 0 saturated carbocycles. The third-order valence-electron chi connectivity index (χ3n) is 5.07. The molecule has 26 heavy (non-hydrogen) atoms. The Morgan fingerprint density at radius 2 is 2.15 bits per heavy atom. The van der Waals surface area contributed by atoms with Crippen LogP contribution in [0.25, 0.3) is 10.2 Å². The highest BCUT2D eigenvalue weighted by Gasteiger charge is 2.27. The molecule has 142 valence electrons. The van der Waals surface area contributed by atoms with Crippen molar-refractivity contribution in [3.05, 3.63) is 23.8 Å². The maximum Gasteiger partial charge on any atom is 0.253 e. The van der Waals surface area contributed by atoms with Gasteiger partial charge in [-0.05, 0) is 71.7 Å². The summed E-state index contributed by atoms with van der Waals surface area (Å²) in [6.45, 7) is 3.79. The molecule has 1 saturated heterocycles. The molecule has 2 N–H and O–H groups in total. The maximum absolute atomic E-state index is 13.0. The van der Waals surface area contributed by atoms with E-state index in [0.29, 0.717) is 16.7 Å². The van der Waals surface area contributed by atoms with E-state index in [9.17, 15) is 4.79 Å². The second-order valence-electron chi connectivity index (χ2n) is 7.42. The summed E-state index contributed by atoms with van der Waals surface area (Å²) in [4.78, 5) is 23.9. The standard InChI is InChI=1S/C19H29N5OS/c1-22(2)9-5-10-23(3)15-6-4-11-24(13-15)18(25)14-7-8-17-16(12-14)21-19(20)26-17/h7-8,12,15H,4-6,9-11,13H2,1-3H3,(H2,20,21)/t15-/m1/s1. The van der Waals surface area contributed by atoms with Crippen LogP contribution >= 0.6 is 11.3 Å². The molecule has 0 bridgehead atoms. The number of carbonyl (C=O) groups is 1. The number of carbonyl (C=O) groups excluding carboxylic acids is 1. The van der Waals surface area contributed by atoms with Crippen LogP contribution in [-0.4, -0.2) is 79.0 Å². The van der Waals surface area contributed by atoms with Gasteiger partial charge < -0.3 is 20.4 Å². The van der Waals surface area contributed by atoms with Crippen molar-refractivity contribution < 1.29 is 4.79 Å². The summed E-state index contributed by atoms with van der Waals surface area (Å²) in [5.74, 6) is 0.102. The number of nitrogens with two attached hydrogens (primary N) is 1. The van der Waals surface area contributed by atoms with E-state index in [0.717, 1.165) is 55.7 Å². The maximum atomic E-state index is 13.0. The van der Waals surface area contributed by atoms with Gasteiger partial charge in [-0.3, -0.25) is 4.79 Å². The lowest BCUT2D eigenvalue weighted by Gasteiger charge is -2.38. The molecule has 1 aromatic heterocycles. The summed E-state index contributed by atoms with van der Waals surface area (Å²) in [6.07, 6.45) is 3.36. The number of fused-ring (bicyclic) bond motifs is 1. The molecular formula is C19H29N5OS. The number of anilines is 1. The fourth-order valence-corrected chi connectivity index (χ4v) is 4.29. The largest absolute Gasteiger partial charge is 0.375 e. The molecule has 3 rings (SSSR count). The molecule has 6 nitrogen and oxygen atoms in total. The minimum Gasteiger partial charge on any atom is -0.375 e. The van der Waals surface area contributed by atoms with E-state index in [1.165, 1.54) is 11.3 Å². The predicted octanol–water partition coefficient (Wildman–Crippen LogP) is 2.37. The first-order valence-electron chi connectivity index (χ1n) is 9.24. The zero-order valence-electron chi connectivity index (χ0n) is 15.9. The van der Waals surface area contributed by atoms with E-state index in [1.807, 2.05) is 23.1 Å². The molecule has 1 aromatic carbocycles. The molecule has 7 heteroatoms. The van der Waals surface area contributed by atoms with Crippen molar-refractivity contribution in [3.8, 4) is 0 Å². The number of likely N-dealkylation sites (tertiary alicyclic amines) is 1. The van der Waals surface area contributed by atoms with Crippen molar-refractivity contribution in [1.29, 1.82) is 0 Å². The number of hydrogen-bond donors (Lipinski definition) is 1. The summed E-state index contributed by atoms with van der Waals surface area (Å²) >= 11 is 1.45. The number of benzene rings is 1. The number of hydrogen-bond acceptors (Lipinski definition) is 6. The second kappa shape index (κ2) is 8.33. The zero-order chi connectivity index (χ0) is 18.7. The smallest absolute Gasteiger partial charge is 0.253 e. The minimum absolute atomic E-state index is 0.102. The van der Waals surface area contributed by atoms with Gasteiger partial charge in [0.05, 0.1) is 10.2 Å². The van der Waals surface area contributed by atoms with Gasteiger partial charge in [-0.15, -0.1) is 0 Å². The van der Waals surface area contributed by atoms with Gasteiger partial charge in [-0.2, -0.15) is 0 Å². The highest BCUT2D eigenvalue weighted by atomic mass is 32.1. The van der Waals surface area contributed by atoms with E-state index in [4.69, 9.17) is 5.73 Å². The van der Waals surface area contributed by atoms with Crippen LogP contribution in [0.5, 0.6) is 0 Å². The lowest BCUT2D eigenvalue weighted by Crippen LogP contribution is -2.49. The average molecular weight is 376 g/mol. The fourth-order valence-electron chi connectivity index (χ4n) is 3.58. The van der Waals surface area contributed by atoms with Crippen molar-refractivity contribution in [2.45, 2.75) is 25.3 Å². The Hall–Kier alpha value is -1.70. The molecule has 1 aliphatic heterocycles. The van der Waals surface area contributed by atoms with E-state index >= 15 is 0 Å². The van der Waals surface area contributed by atoms with Gasteiger partial charge in [-0.1, -0.05) is 11.3 Å². The molecule has 0 spiro atoms. The normalized spacial score (nSPS) is 18.2. The number of nitrogen functional groups attached to an aromatic ring is 1. The number of likely N-dealkylation sites (N-methyl/N-ethyl adjacent to an activating group) is 1. The number of nitrogens with zero attached hydrogens (tertiary/aromatic N) is 4. The molecule has 0 radical (unpaired) electrons. The van der Waals surface area contributed by atoms with Crippen LogP contribution in [0, 0.1) is 0 Å². The fraction of sp³-hybridized carbons (Fsp3) is 0.579. The minimum atomic E-state index is 0.102. The van der Waals surface area contributed by atoms with E-state index < -0.39 is 0 Å². The van der Waals surface area contributed by atoms with Crippen LogP contribution in [0.2, 0.25) is 0 Å². The average Bonchev–Trinajstić information content (AvgIpc) is 3.00. The predicted molar refractivity (Wildman–Crippen MR) is 109 cm³/mol. The summed E-state index contributed by atoms with van der Waals surface area (Å²) < 4.78 is 1.02. The molecule has 1 aliphatic rings. The van der Waals surface area contributed by atoms with Crippen molar-refractivity contribution in [1.82, 2.24) is 19.7 Å². The second-order valence-corrected chi connectivity index (χ2v) is 8.48. The topological polar surface area (TPSA) is 65.7 Å². The van der Waals surface area contributed by atoms with Crippen molar-refractivity contribution in [2.24, 2.45) is 0 Å². The van der Waals surface area contributed by atoms with Gasteiger partial charge in [0.1, 0.15) is 0 Å². The van der Waals surface area contributed by atoms with Gasteiger partial charge in [-0.25, -0.2) is 4.98 Å². The molecule has 2 aromatic rings. The Labute approximate surface area is 159 Å². The summed E-state index contributed by atoms with van der Waals surface area (Å²) in [6, 6.07) is 6.15. The Morgan fingerprint density at radius 1 is 1.35 bits per heavy atom. The first-order valence-corrected chi connectivity index (χ1v) is 10.1. The van der Waals surface area contributed by atoms with E-state index in [-0.39, 0.29) is 5.91 Å². The number of thiazole rings is 1. The molecule has 1 fully saturated rings. The molecular weight excluding hydrogens is 346 g/mol. The molecule has 0 unspecified atom stereocenters. The quantitative estimate of drug-likeness (QED) is 0.840. The first kappa shape index (κ1) is 19.1. The van der Waals surface area contributed by atoms with Gasteiger partial charge >= 0.3 is 0 Å². The Kier molecular flexibility index (Phi) is 6.11. The van der Waals surface area contributed by atoms with Crippen molar-refractivity contribution >= 4 is 32.6 Å². The van der Waals surface area contributed by atoms with Gasteiger partial charge in [0.2, 0.25) is 0 Å². The number of amides is 1. The lowest BCUT2D eigenvalue weighted by molar-refractivity contribution is 0.0607. The van der Waals surface area contributed by atoms with Gasteiger partial charge in [0, 0.05) is 24.7 Å². The highest BCUT2D eigenvalue weighted by Crippen LogP contribution is 2.25. The lowest BCUT2D eigenvalue weighted by atomic mass is 10.0. The molecule has 1 amide bonds. The summed E-state index contributed by atoms with van der Waals surface area (Å²) in [5, 5.41) is 0.544. The molecule has 0 aliphatic carbocycles. The van der Waals surface area contributed by atoms with Crippen LogP contribution in [0.15, 0.2) is 18.2 Å². The number of aromatic nitrogens is 1. The van der Waals surface area contributed by atoms with Gasteiger partial charge in [0.15, 0.2) is 5.13 Å².